The maximum atomic E-state index is 12.7. The molecule has 1 saturated heterocycles. The van der Waals surface area contributed by atoms with Gasteiger partial charge in [-0.05, 0) is 49.8 Å². The number of Topliss-reactive ketones (excluding diaryl/α,β-unsaturated/α-hetero) is 1. The lowest BCUT2D eigenvalue weighted by atomic mass is 9.81. The molecule has 1 aromatic heterocycles. The smallest absolute Gasteiger partial charge is 0.225 e. The van der Waals surface area contributed by atoms with Crippen LogP contribution in [0.1, 0.15) is 52.5 Å². The van der Waals surface area contributed by atoms with Gasteiger partial charge in [-0.3, -0.25) is 4.79 Å². The topological polar surface area (TPSA) is 46.1 Å². The molecule has 1 aliphatic carbocycles. The summed E-state index contributed by atoms with van der Waals surface area (Å²) in [6.07, 6.45) is 3.67. The molecule has 1 aliphatic heterocycles. The van der Waals surface area contributed by atoms with Crippen molar-refractivity contribution in [1.29, 1.82) is 0 Å². The molecule has 2 aliphatic rings. The number of ketones is 1. The number of anilines is 1. The fourth-order valence-corrected chi connectivity index (χ4v) is 3.91. The molecular weight excluding hydrogens is 322 g/mol. The zero-order valence-corrected chi connectivity index (χ0v) is 14.5. The number of hydrogen-bond acceptors (Lipinski definition) is 4. The van der Waals surface area contributed by atoms with Gasteiger partial charge in [0.2, 0.25) is 5.95 Å². The van der Waals surface area contributed by atoms with E-state index in [1.54, 1.807) is 0 Å². The molecule has 124 valence electrons. The highest BCUT2D eigenvalue weighted by atomic mass is 35.5. The molecule has 2 heterocycles. The third-order valence-electron chi connectivity index (χ3n) is 5.03. The summed E-state index contributed by atoms with van der Waals surface area (Å²) in [5.74, 6) is 1.11. The SMILES string of the molecule is Cc1nc(N2CCCC2)nc2c1C(=O)C[C@@H](c1ccc(Cl)cc1)C2. The van der Waals surface area contributed by atoms with Gasteiger partial charge in [0.15, 0.2) is 5.78 Å². The Hall–Kier alpha value is -1.94. The largest absolute Gasteiger partial charge is 0.341 e. The van der Waals surface area contributed by atoms with Crippen molar-refractivity contribution in [2.24, 2.45) is 0 Å². The standard InChI is InChI=1S/C19H20ClN3O/c1-12-18-16(22-19(21-12)23-8-2-3-9-23)10-14(11-17(18)24)13-4-6-15(20)7-5-13/h4-7,14H,2-3,8-11H2,1H3/t14-/m0/s1. The first-order chi connectivity index (χ1) is 11.6. The zero-order chi connectivity index (χ0) is 16.7. The Bertz CT molecular complexity index is 782. The monoisotopic (exact) mass is 341 g/mol. The van der Waals surface area contributed by atoms with E-state index in [1.165, 1.54) is 12.8 Å². The summed E-state index contributed by atoms with van der Waals surface area (Å²) in [6.45, 7) is 3.94. The quantitative estimate of drug-likeness (QED) is 0.829. The minimum Gasteiger partial charge on any atom is -0.341 e. The number of nitrogens with zero attached hydrogens (tertiary/aromatic N) is 3. The van der Waals surface area contributed by atoms with Gasteiger partial charge in [0.05, 0.1) is 17.0 Å². The summed E-state index contributed by atoms with van der Waals surface area (Å²) in [7, 11) is 0. The van der Waals surface area contributed by atoms with Crippen molar-refractivity contribution in [1.82, 2.24) is 9.97 Å². The van der Waals surface area contributed by atoms with E-state index in [-0.39, 0.29) is 11.7 Å². The van der Waals surface area contributed by atoms with Gasteiger partial charge in [-0.15, -0.1) is 0 Å². The molecule has 1 fully saturated rings. The number of carbonyl (C=O) groups excluding carboxylic acids is 1. The van der Waals surface area contributed by atoms with Gasteiger partial charge in [-0.2, -0.15) is 0 Å². The van der Waals surface area contributed by atoms with Gasteiger partial charge < -0.3 is 4.90 Å². The Labute approximate surface area is 146 Å². The Morgan fingerprint density at radius 3 is 2.50 bits per heavy atom. The third-order valence-corrected chi connectivity index (χ3v) is 5.29. The molecule has 0 unspecified atom stereocenters. The van der Waals surface area contributed by atoms with Gasteiger partial charge in [0.25, 0.3) is 0 Å². The Balaban J connectivity index is 1.69. The number of benzene rings is 1. The van der Waals surface area contributed by atoms with Gasteiger partial charge in [0.1, 0.15) is 0 Å². The molecule has 0 saturated carbocycles. The maximum Gasteiger partial charge on any atom is 0.225 e. The van der Waals surface area contributed by atoms with Crippen LogP contribution in [0.3, 0.4) is 0 Å². The van der Waals surface area contributed by atoms with Crippen LogP contribution in [0.15, 0.2) is 24.3 Å². The van der Waals surface area contributed by atoms with Crippen LogP contribution in [0, 0.1) is 6.92 Å². The second-order valence-corrected chi connectivity index (χ2v) is 7.14. The molecule has 24 heavy (non-hydrogen) atoms. The molecule has 0 spiro atoms. The van der Waals surface area contributed by atoms with Crippen LogP contribution < -0.4 is 4.90 Å². The van der Waals surface area contributed by atoms with Crippen molar-refractivity contribution in [2.45, 2.75) is 38.5 Å². The normalized spacial score (nSPS) is 20.3. The van der Waals surface area contributed by atoms with E-state index in [0.29, 0.717) is 6.42 Å². The summed E-state index contributed by atoms with van der Waals surface area (Å²) in [4.78, 5) is 24.3. The fraction of sp³-hybridized carbons (Fsp3) is 0.421. The highest BCUT2D eigenvalue weighted by molar-refractivity contribution is 6.30. The highest BCUT2D eigenvalue weighted by Crippen LogP contribution is 2.34. The number of carbonyl (C=O) groups is 1. The van der Waals surface area contributed by atoms with E-state index < -0.39 is 0 Å². The fourth-order valence-electron chi connectivity index (χ4n) is 3.79. The van der Waals surface area contributed by atoms with Crippen molar-refractivity contribution in [2.75, 3.05) is 18.0 Å². The van der Waals surface area contributed by atoms with E-state index in [9.17, 15) is 4.79 Å². The summed E-state index contributed by atoms with van der Waals surface area (Å²) in [6, 6.07) is 7.80. The van der Waals surface area contributed by atoms with Crippen molar-refractivity contribution in [3.63, 3.8) is 0 Å². The second-order valence-electron chi connectivity index (χ2n) is 6.70. The summed E-state index contributed by atoms with van der Waals surface area (Å²) in [5, 5.41) is 0.718. The van der Waals surface area contributed by atoms with E-state index in [0.717, 1.165) is 53.0 Å². The Morgan fingerprint density at radius 2 is 1.79 bits per heavy atom. The predicted molar refractivity (Wildman–Crippen MR) is 95.1 cm³/mol. The van der Waals surface area contributed by atoms with Crippen LogP contribution in [0.25, 0.3) is 0 Å². The molecule has 5 heteroatoms. The van der Waals surface area contributed by atoms with Gasteiger partial charge in [-0.25, -0.2) is 9.97 Å². The summed E-state index contributed by atoms with van der Waals surface area (Å²) in [5.41, 5.74) is 3.61. The lowest BCUT2D eigenvalue weighted by Crippen LogP contribution is -2.26. The first-order valence-electron chi connectivity index (χ1n) is 8.53. The maximum absolute atomic E-state index is 12.7. The lowest BCUT2D eigenvalue weighted by molar-refractivity contribution is 0.0962. The molecule has 0 N–H and O–H groups in total. The number of fused-ring (bicyclic) bond motifs is 1. The average molecular weight is 342 g/mol. The number of aromatic nitrogens is 2. The number of halogens is 1. The zero-order valence-electron chi connectivity index (χ0n) is 13.8. The molecule has 1 aromatic carbocycles. The molecule has 0 radical (unpaired) electrons. The van der Waals surface area contributed by atoms with E-state index in [1.807, 2.05) is 31.2 Å². The van der Waals surface area contributed by atoms with E-state index in [4.69, 9.17) is 16.6 Å². The van der Waals surface area contributed by atoms with Gasteiger partial charge in [0, 0.05) is 24.5 Å². The molecule has 4 rings (SSSR count). The molecule has 4 nitrogen and oxygen atoms in total. The van der Waals surface area contributed by atoms with E-state index >= 15 is 0 Å². The number of rotatable bonds is 2. The Kier molecular flexibility index (Phi) is 4.01. The van der Waals surface area contributed by atoms with Crippen molar-refractivity contribution >= 4 is 23.3 Å². The van der Waals surface area contributed by atoms with Crippen molar-refractivity contribution < 1.29 is 4.79 Å². The first kappa shape index (κ1) is 15.6. The highest BCUT2D eigenvalue weighted by Gasteiger charge is 2.30. The lowest BCUT2D eigenvalue weighted by Gasteiger charge is -2.26. The third kappa shape index (κ3) is 2.80. The van der Waals surface area contributed by atoms with E-state index in [2.05, 4.69) is 9.88 Å². The summed E-state index contributed by atoms with van der Waals surface area (Å²) >= 11 is 5.98. The van der Waals surface area contributed by atoms with Crippen LogP contribution in [-0.4, -0.2) is 28.8 Å². The predicted octanol–water partition coefficient (Wildman–Crippen LogP) is 3.95. The van der Waals surface area contributed by atoms with Crippen LogP contribution in [0.5, 0.6) is 0 Å². The van der Waals surface area contributed by atoms with Crippen molar-refractivity contribution in [3.8, 4) is 0 Å². The molecule has 0 bridgehead atoms. The van der Waals surface area contributed by atoms with Crippen LogP contribution in [0.2, 0.25) is 5.02 Å². The molecule has 1 atom stereocenters. The molecule has 2 aromatic rings. The Morgan fingerprint density at radius 1 is 1.08 bits per heavy atom. The van der Waals surface area contributed by atoms with Crippen LogP contribution >= 0.6 is 11.6 Å². The van der Waals surface area contributed by atoms with Crippen LogP contribution in [0.4, 0.5) is 5.95 Å². The first-order valence-corrected chi connectivity index (χ1v) is 8.91. The van der Waals surface area contributed by atoms with Crippen LogP contribution in [-0.2, 0) is 6.42 Å². The van der Waals surface area contributed by atoms with Crippen molar-refractivity contribution in [3.05, 3.63) is 51.8 Å². The second kappa shape index (κ2) is 6.17. The number of aryl methyl sites for hydroxylation is 1. The summed E-state index contributed by atoms with van der Waals surface area (Å²) < 4.78 is 0. The minimum atomic E-state index is 0.154. The van der Waals surface area contributed by atoms with Gasteiger partial charge >= 0.3 is 0 Å². The average Bonchev–Trinajstić information content (AvgIpc) is 3.09. The number of hydrogen-bond donors (Lipinski definition) is 0. The van der Waals surface area contributed by atoms with Gasteiger partial charge in [-0.1, -0.05) is 23.7 Å². The minimum absolute atomic E-state index is 0.154. The molecule has 0 amide bonds. The molecular formula is C19H20ClN3O.